The number of aromatic nitrogens is 1. The van der Waals surface area contributed by atoms with Gasteiger partial charge in [0.05, 0.1) is 5.56 Å². The van der Waals surface area contributed by atoms with Gasteiger partial charge in [-0.05, 0) is 25.0 Å². The van der Waals surface area contributed by atoms with Gasteiger partial charge in [-0.3, -0.25) is 4.79 Å². The van der Waals surface area contributed by atoms with E-state index in [0.717, 1.165) is 25.9 Å². The predicted molar refractivity (Wildman–Crippen MR) is 66.9 cm³/mol. The lowest BCUT2D eigenvalue weighted by molar-refractivity contribution is 0.0935. The molecule has 0 aromatic carbocycles. The first-order chi connectivity index (χ1) is 8.75. The molecule has 0 unspecified atom stereocenters. The molecular formula is C13H19FN2O2. The molecule has 0 fully saturated rings. The minimum atomic E-state index is -0.741. The number of ether oxygens (including phenoxy) is 1. The van der Waals surface area contributed by atoms with Gasteiger partial charge in [-0.2, -0.15) is 4.39 Å². The van der Waals surface area contributed by atoms with Crippen molar-refractivity contribution in [3.8, 4) is 0 Å². The van der Waals surface area contributed by atoms with Crippen LogP contribution >= 0.6 is 0 Å². The fraction of sp³-hybridized carbons (Fsp3) is 0.538. The van der Waals surface area contributed by atoms with Crippen LogP contribution in [0.5, 0.6) is 0 Å². The second kappa shape index (κ2) is 8.58. The van der Waals surface area contributed by atoms with Crippen molar-refractivity contribution in [2.24, 2.45) is 0 Å². The molecule has 1 amide bonds. The number of hydrogen-bond acceptors (Lipinski definition) is 3. The number of unbranched alkanes of at least 4 members (excludes halogenated alkanes) is 1. The smallest absolute Gasteiger partial charge is 0.255 e. The summed E-state index contributed by atoms with van der Waals surface area (Å²) in [6.07, 6.45) is 4.19. The SMILES string of the molecule is CCCCOCCCNC(=O)c1cccnc1F. The number of nitrogens with one attached hydrogen (secondary N) is 1. The third-order valence-corrected chi connectivity index (χ3v) is 2.40. The molecule has 0 saturated carbocycles. The molecular weight excluding hydrogens is 235 g/mol. The Kier molecular flexibility index (Phi) is 6.94. The molecule has 0 atom stereocenters. The van der Waals surface area contributed by atoms with Gasteiger partial charge in [-0.1, -0.05) is 13.3 Å². The van der Waals surface area contributed by atoms with Crippen LogP contribution in [0.25, 0.3) is 0 Å². The summed E-state index contributed by atoms with van der Waals surface area (Å²) in [7, 11) is 0. The number of nitrogens with zero attached hydrogens (tertiary/aromatic N) is 1. The van der Waals surface area contributed by atoms with Gasteiger partial charge >= 0.3 is 0 Å². The molecule has 0 radical (unpaired) electrons. The lowest BCUT2D eigenvalue weighted by Gasteiger charge is -2.06. The minimum absolute atomic E-state index is 0.0237. The molecule has 0 aliphatic heterocycles. The van der Waals surface area contributed by atoms with E-state index in [9.17, 15) is 9.18 Å². The summed E-state index contributed by atoms with van der Waals surface area (Å²) >= 11 is 0. The lowest BCUT2D eigenvalue weighted by atomic mass is 10.2. The molecule has 1 aromatic heterocycles. The van der Waals surface area contributed by atoms with Crippen LogP contribution in [-0.4, -0.2) is 30.6 Å². The molecule has 4 nitrogen and oxygen atoms in total. The zero-order valence-electron chi connectivity index (χ0n) is 10.6. The Hall–Kier alpha value is -1.49. The molecule has 1 N–H and O–H groups in total. The number of amides is 1. The first-order valence-corrected chi connectivity index (χ1v) is 6.22. The normalized spacial score (nSPS) is 10.3. The number of carbonyl (C=O) groups is 1. The zero-order chi connectivity index (χ0) is 13.2. The number of carbonyl (C=O) groups excluding carboxylic acids is 1. The Morgan fingerprint density at radius 1 is 1.44 bits per heavy atom. The first-order valence-electron chi connectivity index (χ1n) is 6.22. The number of halogens is 1. The standard InChI is InChI=1S/C13H19FN2O2/c1-2-3-9-18-10-5-8-16-13(17)11-6-4-7-15-12(11)14/h4,6-7H,2-3,5,8-10H2,1H3,(H,16,17). The van der Waals surface area contributed by atoms with Gasteiger partial charge in [0.25, 0.3) is 5.91 Å². The first kappa shape index (κ1) is 14.6. The van der Waals surface area contributed by atoms with E-state index >= 15 is 0 Å². The van der Waals surface area contributed by atoms with Crippen molar-refractivity contribution < 1.29 is 13.9 Å². The average Bonchev–Trinajstić information content (AvgIpc) is 2.38. The molecule has 1 aromatic rings. The molecule has 0 saturated heterocycles. The lowest BCUT2D eigenvalue weighted by Crippen LogP contribution is -2.26. The molecule has 5 heteroatoms. The van der Waals surface area contributed by atoms with E-state index in [4.69, 9.17) is 4.74 Å². The van der Waals surface area contributed by atoms with Crippen molar-refractivity contribution in [3.05, 3.63) is 29.8 Å². The monoisotopic (exact) mass is 254 g/mol. The van der Waals surface area contributed by atoms with Crippen LogP contribution in [0.1, 0.15) is 36.5 Å². The molecule has 18 heavy (non-hydrogen) atoms. The summed E-state index contributed by atoms with van der Waals surface area (Å²) in [5.74, 6) is -1.18. The molecule has 1 heterocycles. The van der Waals surface area contributed by atoms with Gasteiger partial charge in [0.1, 0.15) is 0 Å². The fourth-order valence-corrected chi connectivity index (χ4v) is 1.38. The maximum atomic E-state index is 13.2. The molecule has 0 bridgehead atoms. The third kappa shape index (κ3) is 5.23. The Balaban J connectivity index is 2.16. The number of rotatable bonds is 8. The van der Waals surface area contributed by atoms with Crippen LogP contribution in [0.15, 0.2) is 18.3 Å². The second-order valence-electron chi connectivity index (χ2n) is 3.92. The van der Waals surface area contributed by atoms with E-state index in [-0.39, 0.29) is 5.56 Å². The zero-order valence-corrected chi connectivity index (χ0v) is 10.6. The van der Waals surface area contributed by atoms with E-state index in [0.29, 0.717) is 13.2 Å². The summed E-state index contributed by atoms with van der Waals surface area (Å²) in [6.45, 7) is 3.93. The molecule has 100 valence electrons. The van der Waals surface area contributed by atoms with Crippen LogP contribution in [0.3, 0.4) is 0 Å². The van der Waals surface area contributed by atoms with Gasteiger partial charge in [-0.25, -0.2) is 4.98 Å². The molecule has 0 spiro atoms. The van der Waals surface area contributed by atoms with Gasteiger partial charge in [-0.15, -0.1) is 0 Å². The topological polar surface area (TPSA) is 51.2 Å². The maximum Gasteiger partial charge on any atom is 0.255 e. The van der Waals surface area contributed by atoms with Gasteiger partial charge < -0.3 is 10.1 Å². The minimum Gasteiger partial charge on any atom is -0.381 e. The van der Waals surface area contributed by atoms with Crippen molar-refractivity contribution >= 4 is 5.91 Å². The van der Waals surface area contributed by atoms with Crippen LogP contribution in [0.4, 0.5) is 4.39 Å². The van der Waals surface area contributed by atoms with Crippen LogP contribution in [0, 0.1) is 5.95 Å². The van der Waals surface area contributed by atoms with E-state index < -0.39 is 11.9 Å². The van der Waals surface area contributed by atoms with E-state index in [1.165, 1.54) is 18.3 Å². The predicted octanol–water partition coefficient (Wildman–Crippen LogP) is 2.16. The second-order valence-corrected chi connectivity index (χ2v) is 3.92. The average molecular weight is 254 g/mol. The van der Waals surface area contributed by atoms with Crippen LogP contribution < -0.4 is 5.32 Å². The highest BCUT2D eigenvalue weighted by atomic mass is 19.1. The highest BCUT2D eigenvalue weighted by Crippen LogP contribution is 2.02. The Morgan fingerprint density at radius 2 is 2.22 bits per heavy atom. The van der Waals surface area contributed by atoms with Gasteiger partial charge in [0.15, 0.2) is 0 Å². The summed E-state index contributed by atoms with van der Waals surface area (Å²) in [5, 5.41) is 2.63. The van der Waals surface area contributed by atoms with Crippen molar-refractivity contribution in [2.75, 3.05) is 19.8 Å². The molecule has 0 aliphatic rings. The Bertz CT molecular complexity index is 372. The fourth-order valence-electron chi connectivity index (χ4n) is 1.38. The third-order valence-electron chi connectivity index (χ3n) is 2.40. The molecule has 1 rings (SSSR count). The highest BCUT2D eigenvalue weighted by Gasteiger charge is 2.10. The van der Waals surface area contributed by atoms with Crippen LogP contribution in [-0.2, 0) is 4.74 Å². The van der Waals surface area contributed by atoms with E-state index in [1.54, 1.807) is 0 Å². The van der Waals surface area contributed by atoms with E-state index in [2.05, 4.69) is 17.2 Å². The van der Waals surface area contributed by atoms with Crippen molar-refractivity contribution in [1.29, 1.82) is 0 Å². The largest absolute Gasteiger partial charge is 0.381 e. The highest BCUT2D eigenvalue weighted by molar-refractivity contribution is 5.94. The van der Waals surface area contributed by atoms with Gasteiger partial charge in [0.2, 0.25) is 5.95 Å². The van der Waals surface area contributed by atoms with Crippen molar-refractivity contribution in [3.63, 3.8) is 0 Å². The number of hydrogen-bond donors (Lipinski definition) is 1. The molecule has 0 aliphatic carbocycles. The van der Waals surface area contributed by atoms with Gasteiger partial charge in [0, 0.05) is 26.0 Å². The summed E-state index contributed by atoms with van der Waals surface area (Å²) in [4.78, 5) is 15.0. The summed E-state index contributed by atoms with van der Waals surface area (Å²) in [6, 6.07) is 2.95. The quantitative estimate of drug-likeness (QED) is 0.571. The van der Waals surface area contributed by atoms with Crippen molar-refractivity contribution in [2.45, 2.75) is 26.2 Å². The summed E-state index contributed by atoms with van der Waals surface area (Å²) < 4.78 is 18.5. The van der Waals surface area contributed by atoms with E-state index in [1.807, 2.05) is 0 Å². The Morgan fingerprint density at radius 3 is 2.94 bits per heavy atom. The number of pyridine rings is 1. The maximum absolute atomic E-state index is 13.2. The van der Waals surface area contributed by atoms with Crippen LogP contribution in [0.2, 0.25) is 0 Å². The van der Waals surface area contributed by atoms with Crippen molar-refractivity contribution in [1.82, 2.24) is 10.3 Å². The Labute approximate surface area is 107 Å². The summed E-state index contributed by atoms with van der Waals surface area (Å²) in [5.41, 5.74) is -0.0237.